The molecule has 2 aromatic rings. The smallest absolute Gasteiger partial charge is 0.225 e. The zero-order chi connectivity index (χ0) is 15.6. The van der Waals surface area contributed by atoms with Crippen molar-refractivity contribution in [2.45, 2.75) is 25.0 Å². The van der Waals surface area contributed by atoms with Gasteiger partial charge in [-0.1, -0.05) is 24.3 Å². The van der Waals surface area contributed by atoms with E-state index in [9.17, 15) is 5.11 Å². The molecule has 1 aromatic heterocycles. The highest BCUT2D eigenvalue weighted by molar-refractivity contribution is 5.36. The molecule has 2 heterocycles. The van der Waals surface area contributed by atoms with E-state index in [-0.39, 0.29) is 12.1 Å². The molecule has 0 bridgehead atoms. The van der Waals surface area contributed by atoms with Gasteiger partial charge < -0.3 is 10.0 Å². The molecule has 0 unspecified atom stereocenters. The van der Waals surface area contributed by atoms with Crippen molar-refractivity contribution in [1.29, 1.82) is 0 Å². The molecule has 0 amide bonds. The second kappa shape index (κ2) is 6.26. The topological polar surface area (TPSA) is 52.5 Å². The maximum atomic E-state index is 10.7. The van der Waals surface area contributed by atoms with Crippen LogP contribution in [-0.2, 0) is 6.42 Å². The second-order valence-corrected chi connectivity index (χ2v) is 6.34. The van der Waals surface area contributed by atoms with Gasteiger partial charge in [0.2, 0.25) is 5.95 Å². The highest BCUT2D eigenvalue weighted by Gasteiger charge is 2.35. The molecular weight excluding hydrogens is 288 g/mol. The predicted octanol–water partition coefficient (Wildman–Crippen LogP) is 1.65. The lowest BCUT2D eigenvalue weighted by Gasteiger charge is -2.30. The van der Waals surface area contributed by atoms with Crippen molar-refractivity contribution in [2.24, 2.45) is 0 Å². The summed E-state index contributed by atoms with van der Waals surface area (Å²) in [5, 5.41) is 10.7. The number of benzene rings is 1. The minimum atomic E-state index is -0.370. The highest BCUT2D eigenvalue weighted by atomic mass is 16.3. The standard InChI is InChI=1S/C18H22N4O/c23-17-15-6-2-1-5-14(15)13-16(17)21-9-4-10-22(12-11-21)18-19-7-3-8-20-18/h1-3,5-8,16-17,23H,4,9-13H2/t16-,17+/m1/s1. The number of aliphatic hydroxyl groups is 1. The summed E-state index contributed by atoms with van der Waals surface area (Å²) in [5.74, 6) is 0.810. The van der Waals surface area contributed by atoms with E-state index in [0.29, 0.717) is 0 Å². The van der Waals surface area contributed by atoms with Crippen LogP contribution in [0.2, 0.25) is 0 Å². The molecule has 1 saturated heterocycles. The van der Waals surface area contributed by atoms with Gasteiger partial charge in [0.15, 0.2) is 0 Å². The monoisotopic (exact) mass is 310 g/mol. The molecule has 0 spiro atoms. The summed E-state index contributed by atoms with van der Waals surface area (Å²) >= 11 is 0. The molecule has 5 nitrogen and oxygen atoms in total. The van der Waals surface area contributed by atoms with Gasteiger partial charge in [0.25, 0.3) is 0 Å². The van der Waals surface area contributed by atoms with Gasteiger partial charge in [-0.3, -0.25) is 4.90 Å². The summed E-state index contributed by atoms with van der Waals surface area (Å²) < 4.78 is 0. The third-order valence-corrected chi connectivity index (χ3v) is 5.00. The normalized spacial score (nSPS) is 25.2. The van der Waals surface area contributed by atoms with Crippen molar-refractivity contribution in [1.82, 2.24) is 14.9 Å². The van der Waals surface area contributed by atoms with E-state index in [1.54, 1.807) is 12.4 Å². The Balaban J connectivity index is 1.46. The first-order valence-electron chi connectivity index (χ1n) is 8.35. The van der Waals surface area contributed by atoms with Crippen LogP contribution >= 0.6 is 0 Å². The Morgan fingerprint density at radius 1 is 0.957 bits per heavy atom. The van der Waals surface area contributed by atoms with E-state index >= 15 is 0 Å². The first-order valence-corrected chi connectivity index (χ1v) is 8.35. The molecule has 0 radical (unpaired) electrons. The van der Waals surface area contributed by atoms with Crippen LogP contribution in [-0.4, -0.2) is 52.2 Å². The number of fused-ring (bicyclic) bond motifs is 1. The lowest BCUT2D eigenvalue weighted by molar-refractivity contribution is 0.0647. The first-order chi connectivity index (χ1) is 11.3. The van der Waals surface area contributed by atoms with Crippen LogP contribution in [0.15, 0.2) is 42.7 Å². The molecule has 2 aliphatic rings. The summed E-state index contributed by atoms with van der Waals surface area (Å²) in [6, 6.07) is 10.3. The number of rotatable bonds is 2. The molecule has 120 valence electrons. The molecule has 4 rings (SSSR count). The zero-order valence-electron chi connectivity index (χ0n) is 13.2. The van der Waals surface area contributed by atoms with Gasteiger partial charge in [0, 0.05) is 44.6 Å². The quantitative estimate of drug-likeness (QED) is 0.914. The zero-order valence-corrected chi connectivity index (χ0v) is 13.2. The van der Waals surface area contributed by atoms with Crippen LogP contribution in [0, 0.1) is 0 Å². The molecule has 0 saturated carbocycles. The predicted molar refractivity (Wildman–Crippen MR) is 89.3 cm³/mol. The van der Waals surface area contributed by atoms with Gasteiger partial charge >= 0.3 is 0 Å². The second-order valence-electron chi connectivity index (χ2n) is 6.34. The van der Waals surface area contributed by atoms with E-state index in [2.05, 4.69) is 38.0 Å². The van der Waals surface area contributed by atoms with Crippen LogP contribution in [0.1, 0.15) is 23.7 Å². The van der Waals surface area contributed by atoms with E-state index in [1.165, 1.54) is 5.56 Å². The number of anilines is 1. The molecule has 1 N–H and O–H groups in total. The molecular formula is C18H22N4O. The number of aromatic nitrogens is 2. The summed E-state index contributed by atoms with van der Waals surface area (Å²) in [6.45, 7) is 3.83. The van der Waals surface area contributed by atoms with Gasteiger partial charge in [-0.05, 0) is 30.0 Å². The molecule has 2 atom stereocenters. The van der Waals surface area contributed by atoms with Crippen molar-refractivity contribution in [2.75, 3.05) is 31.1 Å². The van der Waals surface area contributed by atoms with Crippen molar-refractivity contribution in [3.63, 3.8) is 0 Å². The number of hydrogen-bond donors (Lipinski definition) is 1. The Kier molecular flexibility index (Phi) is 3.97. The summed E-state index contributed by atoms with van der Waals surface area (Å²) in [7, 11) is 0. The Bertz CT molecular complexity index is 663. The SMILES string of the molecule is O[C@H]1c2ccccc2C[C@H]1N1CCCN(c2ncccn2)CC1. The Labute approximate surface area is 136 Å². The summed E-state index contributed by atoms with van der Waals surface area (Å²) in [4.78, 5) is 13.4. The van der Waals surface area contributed by atoms with Gasteiger partial charge in [0.05, 0.1) is 6.10 Å². The van der Waals surface area contributed by atoms with Gasteiger partial charge in [-0.15, -0.1) is 0 Å². The minimum Gasteiger partial charge on any atom is -0.387 e. The summed E-state index contributed by atoms with van der Waals surface area (Å²) in [6.07, 6.45) is 5.23. The fourth-order valence-electron chi connectivity index (χ4n) is 3.81. The Morgan fingerprint density at radius 2 is 1.78 bits per heavy atom. The van der Waals surface area contributed by atoms with Crippen molar-refractivity contribution in [3.8, 4) is 0 Å². The lowest BCUT2D eigenvalue weighted by Crippen LogP contribution is -2.41. The van der Waals surface area contributed by atoms with Crippen LogP contribution in [0.3, 0.4) is 0 Å². The van der Waals surface area contributed by atoms with E-state index < -0.39 is 0 Å². The minimum absolute atomic E-state index is 0.198. The fourth-order valence-corrected chi connectivity index (χ4v) is 3.81. The van der Waals surface area contributed by atoms with E-state index in [0.717, 1.165) is 50.5 Å². The maximum absolute atomic E-state index is 10.7. The molecule has 5 heteroatoms. The molecule has 1 aliphatic heterocycles. The summed E-state index contributed by atoms with van der Waals surface area (Å²) in [5.41, 5.74) is 2.39. The largest absolute Gasteiger partial charge is 0.387 e. The average Bonchev–Trinajstić information content (AvgIpc) is 2.78. The maximum Gasteiger partial charge on any atom is 0.225 e. The molecule has 23 heavy (non-hydrogen) atoms. The van der Waals surface area contributed by atoms with Crippen molar-refractivity contribution in [3.05, 3.63) is 53.9 Å². The van der Waals surface area contributed by atoms with Gasteiger partial charge in [-0.2, -0.15) is 0 Å². The Hall–Kier alpha value is -1.98. The van der Waals surface area contributed by atoms with Gasteiger partial charge in [-0.25, -0.2) is 9.97 Å². The lowest BCUT2D eigenvalue weighted by atomic mass is 10.1. The van der Waals surface area contributed by atoms with Crippen LogP contribution in [0.4, 0.5) is 5.95 Å². The average molecular weight is 310 g/mol. The molecule has 1 aromatic carbocycles. The number of nitrogens with zero attached hydrogens (tertiary/aromatic N) is 4. The third kappa shape index (κ3) is 2.82. The molecule has 1 fully saturated rings. The van der Waals surface area contributed by atoms with Crippen molar-refractivity contribution < 1.29 is 5.11 Å². The Morgan fingerprint density at radius 3 is 2.61 bits per heavy atom. The van der Waals surface area contributed by atoms with Gasteiger partial charge in [0.1, 0.15) is 0 Å². The highest BCUT2D eigenvalue weighted by Crippen LogP contribution is 2.34. The van der Waals surface area contributed by atoms with Crippen LogP contribution in [0.5, 0.6) is 0 Å². The number of aliphatic hydroxyl groups excluding tert-OH is 1. The fraction of sp³-hybridized carbons (Fsp3) is 0.444. The van der Waals surface area contributed by atoms with Crippen LogP contribution in [0.25, 0.3) is 0 Å². The molecule has 1 aliphatic carbocycles. The van der Waals surface area contributed by atoms with E-state index in [4.69, 9.17) is 0 Å². The first kappa shape index (κ1) is 14.6. The van der Waals surface area contributed by atoms with Crippen molar-refractivity contribution >= 4 is 5.95 Å². The van der Waals surface area contributed by atoms with Crippen LogP contribution < -0.4 is 4.90 Å². The third-order valence-electron chi connectivity index (χ3n) is 5.00. The van der Waals surface area contributed by atoms with E-state index in [1.807, 2.05) is 12.1 Å². The number of hydrogen-bond acceptors (Lipinski definition) is 5.